The number of rotatable bonds is 7. The largest absolute Gasteiger partial charge is 0.444 e. The van der Waals surface area contributed by atoms with Crippen LogP contribution < -0.4 is 10.6 Å². The monoisotopic (exact) mass is 412 g/mol. The summed E-state index contributed by atoms with van der Waals surface area (Å²) in [6, 6.07) is 16.8. The molecule has 1 aliphatic carbocycles. The Kier molecular flexibility index (Phi) is 7.13. The molecule has 0 heterocycles. The molecule has 162 valence electrons. The molecule has 0 aliphatic heterocycles. The molecule has 0 spiro atoms. The molecule has 0 bridgehead atoms. The standard InChI is InChI=1S/C24H32N2O4/c1-24(2,3)30-23(29)26-19(13-16-9-5-4-6-10-16)21(28)15-25-22-18-12-8-7-11-17(18)14-20(22)27/h4-12,19-22,25,27-28H,13-15H2,1-3H3,(H,26,29)/t19-,20+,21+,22-/m0/s1. The molecular formula is C24H32N2O4. The van der Waals surface area contributed by atoms with Crippen LogP contribution in [0.25, 0.3) is 0 Å². The van der Waals surface area contributed by atoms with Crippen LogP contribution in [0, 0.1) is 0 Å². The lowest BCUT2D eigenvalue weighted by Gasteiger charge is -2.28. The number of carbonyl (C=O) groups is 1. The summed E-state index contributed by atoms with van der Waals surface area (Å²) in [6.07, 6.45) is -0.910. The Labute approximate surface area is 178 Å². The molecule has 6 nitrogen and oxygen atoms in total. The van der Waals surface area contributed by atoms with Crippen molar-refractivity contribution in [2.75, 3.05) is 6.54 Å². The van der Waals surface area contributed by atoms with Crippen LogP contribution in [0.4, 0.5) is 4.79 Å². The number of hydrogen-bond donors (Lipinski definition) is 4. The van der Waals surface area contributed by atoms with Crippen LogP contribution >= 0.6 is 0 Å². The normalized spacial score (nSPS) is 20.3. The fourth-order valence-electron chi connectivity index (χ4n) is 3.82. The molecule has 4 atom stereocenters. The molecule has 4 N–H and O–H groups in total. The van der Waals surface area contributed by atoms with Crippen LogP contribution in [-0.2, 0) is 17.6 Å². The molecule has 0 saturated carbocycles. The van der Waals surface area contributed by atoms with E-state index in [0.29, 0.717) is 12.8 Å². The maximum atomic E-state index is 12.3. The summed E-state index contributed by atoms with van der Waals surface area (Å²) in [5, 5.41) is 27.4. The maximum Gasteiger partial charge on any atom is 0.407 e. The second-order valence-corrected chi connectivity index (χ2v) is 8.87. The van der Waals surface area contributed by atoms with Crippen LogP contribution in [0.3, 0.4) is 0 Å². The van der Waals surface area contributed by atoms with E-state index in [1.165, 1.54) is 0 Å². The highest BCUT2D eigenvalue weighted by Gasteiger charge is 2.32. The molecule has 0 radical (unpaired) electrons. The van der Waals surface area contributed by atoms with E-state index in [9.17, 15) is 15.0 Å². The van der Waals surface area contributed by atoms with Gasteiger partial charge in [0.15, 0.2) is 0 Å². The van der Waals surface area contributed by atoms with E-state index in [1.807, 2.05) is 54.6 Å². The Morgan fingerprint density at radius 3 is 2.50 bits per heavy atom. The van der Waals surface area contributed by atoms with Gasteiger partial charge in [0.2, 0.25) is 0 Å². The molecule has 2 aromatic rings. The zero-order chi connectivity index (χ0) is 21.7. The molecule has 0 fully saturated rings. The van der Waals surface area contributed by atoms with Crippen molar-refractivity contribution in [2.45, 2.75) is 63.5 Å². The maximum absolute atomic E-state index is 12.3. The summed E-state index contributed by atoms with van der Waals surface area (Å²) in [4.78, 5) is 12.3. The second-order valence-electron chi connectivity index (χ2n) is 8.87. The third-order valence-corrected chi connectivity index (χ3v) is 5.22. The van der Waals surface area contributed by atoms with Crippen LogP contribution in [0.15, 0.2) is 54.6 Å². The Balaban J connectivity index is 1.66. The lowest BCUT2D eigenvalue weighted by Crippen LogP contribution is -2.50. The summed E-state index contributed by atoms with van der Waals surface area (Å²) in [7, 11) is 0. The highest BCUT2D eigenvalue weighted by Crippen LogP contribution is 2.31. The minimum Gasteiger partial charge on any atom is -0.444 e. The number of ether oxygens (including phenoxy) is 1. The van der Waals surface area contributed by atoms with Gasteiger partial charge in [0, 0.05) is 13.0 Å². The topological polar surface area (TPSA) is 90.8 Å². The first-order valence-corrected chi connectivity index (χ1v) is 10.4. The Morgan fingerprint density at radius 1 is 1.13 bits per heavy atom. The Hall–Kier alpha value is -2.41. The molecule has 0 saturated heterocycles. The number of aliphatic hydroxyl groups is 2. The first-order valence-electron chi connectivity index (χ1n) is 10.4. The summed E-state index contributed by atoms with van der Waals surface area (Å²) < 4.78 is 5.38. The van der Waals surface area contributed by atoms with Gasteiger partial charge in [0.25, 0.3) is 0 Å². The zero-order valence-electron chi connectivity index (χ0n) is 17.8. The van der Waals surface area contributed by atoms with E-state index in [2.05, 4.69) is 10.6 Å². The van der Waals surface area contributed by atoms with E-state index < -0.39 is 29.9 Å². The first-order chi connectivity index (χ1) is 14.2. The summed E-state index contributed by atoms with van der Waals surface area (Å²) in [6.45, 7) is 5.63. The second kappa shape index (κ2) is 9.60. The van der Waals surface area contributed by atoms with Crippen molar-refractivity contribution in [2.24, 2.45) is 0 Å². The van der Waals surface area contributed by atoms with E-state index in [4.69, 9.17) is 4.74 Å². The molecule has 0 aromatic heterocycles. The van der Waals surface area contributed by atoms with Gasteiger partial charge in [0.1, 0.15) is 5.60 Å². The van der Waals surface area contributed by atoms with Gasteiger partial charge in [0.05, 0.1) is 24.3 Å². The number of amides is 1. The van der Waals surface area contributed by atoms with Gasteiger partial charge in [-0.15, -0.1) is 0 Å². The number of fused-ring (bicyclic) bond motifs is 1. The average Bonchev–Trinajstić information content (AvgIpc) is 3.00. The molecule has 30 heavy (non-hydrogen) atoms. The molecule has 0 unspecified atom stereocenters. The van der Waals surface area contributed by atoms with Crippen molar-refractivity contribution in [3.63, 3.8) is 0 Å². The Morgan fingerprint density at radius 2 is 1.80 bits per heavy atom. The van der Waals surface area contributed by atoms with Gasteiger partial charge >= 0.3 is 6.09 Å². The zero-order valence-corrected chi connectivity index (χ0v) is 17.8. The predicted molar refractivity (Wildman–Crippen MR) is 116 cm³/mol. The van der Waals surface area contributed by atoms with E-state index in [-0.39, 0.29) is 12.6 Å². The third-order valence-electron chi connectivity index (χ3n) is 5.22. The van der Waals surface area contributed by atoms with Gasteiger partial charge < -0.3 is 25.6 Å². The van der Waals surface area contributed by atoms with Crippen molar-refractivity contribution in [3.05, 3.63) is 71.3 Å². The fourth-order valence-corrected chi connectivity index (χ4v) is 3.82. The van der Waals surface area contributed by atoms with E-state index in [1.54, 1.807) is 20.8 Å². The van der Waals surface area contributed by atoms with E-state index in [0.717, 1.165) is 16.7 Å². The number of hydrogen-bond acceptors (Lipinski definition) is 5. The molecule has 1 aliphatic rings. The molecule has 2 aromatic carbocycles. The molecule has 1 amide bonds. The minimum atomic E-state index is -0.863. The lowest BCUT2D eigenvalue weighted by atomic mass is 10.0. The molecule has 6 heteroatoms. The Bertz CT molecular complexity index is 835. The summed E-state index contributed by atoms with van der Waals surface area (Å²) in [5.74, 6) is 0. The predicted octanol–water partition coefficient (Wildman–Crippen LogP) is 2.73. The van der Waals surface area contributed by atoms with Gasteiger partial charge in [-0.1, -0.05) is 54.6 Å². The van der Waals surface area contributed by atoms with E-state index >= 15 is 0 Å². The van der Waals surface area contributed by atoms with Gasteiger partial charge in [-0.2, -0.15) is 0 Å². The third kappa shape index (κ3) is 6.05. The summed E-state index contributed by atoms with van der Waals surface area (Å²) >= 11 is 0. The fraction of sp³-hybridized carbons (Fsp3) is 0.458. The van der Waals surface area contributed by atoms with Crippen LogP contribution in [0.1, 0.15) is 43.5 Å². The SMILES string of the molecule is CC(C)(C)OC(=O)N[C@@H](Cc1ccccc1)[C@H](O)CN[C@H]1c2ccccc2C[C@H]1O. The number of benzene rings is 2. The van der Waals surface area contributed by atoms with Crippen molar-refractivity contribution < 1.29 is 19.7 Å². The number of aliphatic hydroxyl groups excluding tert-OH is 2. The number of nitrogens with one attached hydrogen (secondary N) is 2. The highest BCUT2D eigenvalue weighted by molar-refractivity contribution is 5.68. The molecule has 3 rings (SSSR count). The first kappa shape index (κ1) is 22.3. The molecular weight excluding hydrogens is 380 g/mol. The van der Waals surface area contributed by atoms with Crippen LogP contribution in [0.2, 0.25) is 0 Å². The lowest BCUT2D eigenvalue weighted by molar-refractivity contribution is 0.0410. The summed E-state index contributed by atoms with van der Waals surface area (Å²) in [5.41, 5.74) is 2.55. The smallest absolute Gasteiger partial charge is 0.407 e. The van der Waals surface area contributed by atoms with Gasteiger partial charge in [-0.3, -0.25) is 0 Å². The van der Waals surface area contributed by atoms with Gasteiger partial charge in [-0.25, -0.2) is 4.79 Å². The van der Waals surface area contributed by atoms with Crippen LogP contribution in [0.5, 0.6) is 0 Å². The van der Waals surface area contributed by atoms with Gasteiger partial charge in [-0.05, 0) is 43.9 Å². The van der Waals surface area contributed by atoms with Crippen LogP contribution in [-0.4, -0.2) is 46.7 Å². The number of alkyl carbamates (subject to hydrolysis) is 1. The highest BCUT2D eigenvalue weighted by atomic mass is 16.6. The number of carbonyl (C=O) groups excluding carboxylic acids is 1. The van der Waals surface area contributed by atoms with Crippen molar-refractivity contribution in [1.82, 2.24) is 10.6 Å². The minimum absolute atomic E-state index is 0.226. The van der Waals surface area contributed by atoms with Crippen molar-refractivity contribution in [1.29, 1.82) is 0 Å². The van der Waals surface area contributed by atoms with Crippen molar-refractivity contribution >= 4 is 6.09 Å². The quantitative estimate of drug-likeness (QED) is 0.561. The average molecular weight is 413 g/mol. The van der Waals surface area contributed by atoms with Crippen molar-refractivity contribution in [3.8, 4) is 0 Å².